The second kappa shape index (κ2) is 6.18. The Balaban J connectivity index is 1.67. The third kappa shape index (κ3) is 3.07. The summed E-state index contributed by atoms with van der Waals surface area (Å²) in [5.41, 5.74) is 4.18. The molecule has 0 saturated carbocycles. The maximum atomic E-state index is 12.2. The Morgan fingerprint density at radius 2 is 2.10 bits per heavy atom. The molecule has 3 nitrogen and oxygen atoms in total. The molecule has 1 atom stereocenters. The third-order valence-corrected chi connectivity index (χ3v) is 4.55. The Kier molecular flexibility index (Phi) is 4.11. The molecule has 1 aromatic heterocycles. The molecule has 1 aliphatic rings. The maximum Gasteiger partial charge on any atom is 0.222 e. The van der Waals surface area contributed by atoms with Gasteiger partial charge in [0.2, 0.25) is 5.91 Å². The van der Waals surface area contributed by atoms with Crippen LogP contribution in [-0.2, 0) is 11.3 Å². The van der Waals surface area contributed by atoms with Crippen LogP contribution in [0.2, 0.25) is 0 Å². The van der Waals surface area contributed by atoms with E-state index in [1.165, 1.54) is 5.56 Å². The van der Waals surface area contributed by atoms with E-state index < -0.39 is 0 Å². The van der Waals surface area contributed by atoms with Gasteiger partial charge in [0.05, 0.1) is 17.7 Å². The van der Waals surface area contributed by atoms with Crippen molar-refractivity contribution in [2.75, 3.05) is 6.54 Å². The minimum atomic E-state index is 0.261. The van der Waals surface area contributed by atoms with E-state index in [0.29, 0.717) is 18.9 Å². The van der Waals surface area contributed by atoms with E-state index in [0.717, 1.165) is 25.1 Å². The number of aromatic nitrogens is 1. The largest absolute Gasteiger partial charge is 0.337 e. The Bertz CT molecular complexity index is 553. The van der Waals surface area contributed by atoms with Gasteiger partial charge in [0.25, 0.3) is 0 Å². The Hall–Kier alpha value is -1.68. The zero-order chi connectivity index (χ0) is 13.8. The number of carbonyl (C=O) groups is 1. The van der Waals surface area contributed by atoms with Gasteiger partial charge in [0.15, 0.2) is 0 Å². The quantitative estimate of drug-likeness (QED) is 0.866. The Morgan fingerprint density at radius 1 is 1.25 bits per heavy atom. The van der Waals surface area contributed by atoms with E-state index >= 15 is 0 Å². The molecular formula is C16H18N2OS. The molecule has 0 aliphatic carbocycles. The van der Waals surface area contributed by atoms with Crippen molar-refractivity contribution in [1.82, 2.24) is 9.88 Å². The van der Waals surface area contributed by atoms with Crippen LogP contribution in [0.4, 0.5) is 0 Å². The van der Waals surface area contributed by atoms with E-state index in [4.69, 9.17) is 0 Å². The summed E-state index contributed by atoms with van der Waals surface area (Å²) in [6.07, 6.45) is 2.64. The summed E-state index contributed by atoms with van der Waals surface area (Å²) in [5, 5.41) is 2.02. The van der Waals surface area contributed by atoms with Crippen molar-refractivity contribution < 1.29 is 4.79 Å². The zero-order valence-electron chi connectivity index (χ0n) is 11.4. The molecule has 1 aromatic carbocycles. The predicted molar refractivity (Wildman–Crippen MR) is 80.6 cm³/mol. The SMILES string of the molecule is O=C1CCC(c2ccccc2)CCN1Cc1cscn1. The normalized spacial score (nSPS) is 19.9. The molecular weight excluding hydrogens is 268 g/mol. The molecule has 0 spiro atoms. The van der Waals surface area contributed by atoms with Gasteiger partial charge in [-0.1, -0.05) is 30.3 Å². The van der Waals surface area contributed by atoms with Gasteiger partial charge in [-0.3, -0.25) is 4.79 Å². The number of benzene rings is 1. The van der Waals surface area contributed by atoms with Crippen LogP contribution >= 0.6 is 11.3 Å². The van der Waals surface area contributed by atoms with Gasteiger partial charge < -0.3 is 4.90 Å². The first-order valence-corrected chi connectivity index (χ1v) is 7.97. The molecule has 1 fully saturated rings. The number of carbonyl (C=O) groups excluding carboxylic acids is 1. The summed E-state index contributed by atoms with van der Waals surface area (Å²) >= 11 is 1.58. The fraction of sp³-hybridized carbons (Fsp3) is 0.375. The number of hydrogen-bond acceptors (Lipinski definition) is 3. The molecule has 1 saturated heterocycles. The van der Waals surface area contributed by atoms with E-state index in [1.54, 1.807) is 11.3 Å². The summed E-state index contributed by atoms with van der Waals surface area (Å²) in [6.45, 7) is 1.49. The molecule has 2 heterocycles. The Labute approximate surface area is 123 Å². The molecule has 104 valence electrons. The first-order valence-electron chi connectivity index (χ1n) is 7.03. The second-order valence-electron chi connectivity index (χ2n) is 5.23. The highest BCUT2D eigenvalue weighted by atomic mass is 32.1. The van der Waals surface area contributed by atoms with Crippen molar-refractivity contribution >= 4 is 17.2 Å². The highest BCUT2D eigenvalue weighted by molar-refractivity contribution is 7.07. The Morgan fingerprint density at radius 3 is 2.85 bits per heavy atom. The maximum absolute atomic E-state index is 12.2. The van der Waals surface area contributed by atoms with Crippen molar-refractivity contribution in [3.63, 3.8) is 0 Å². The second-order valence-corrected chi connectivity index (χ2v) is 5.95. The van der Waals surface area contributed by atoms with Gasteiger partial charge in [-0.25, -0.2) is 4.98 Å². The van der Waals surface area contributed by atoms with Crippen molar-refractivity contribution in [1.29, 1.82) is 0 Å². The van der Waals surface area contributed by atoms with Crippen LogP contribution < -0.4 is 0 Å². The average molecular weight is 286 g/mol. The summed E-state index contributed by atoms with van der Waals surface area (Å²) in [7, 11) is 0. The van der Waals surface area contributed by atoms with Crippen LogP contribution in [0.15, 0.2) is 41.2 Å². The lowest BCUT2D eigenvalue weighted by molar-refractivity contribution is -0.131. The number of hydrogen-bond donors (Lipinski definition) is 0. The summed E-state index contributed by atoms with van der Waals surface area (Å²) in [6, 6.07) is 10.5. The number of amides is 1. The van der Waals surface area contributed by atoms with Crippen LogP contribution in [0.3, 0.4) is 0 Å². The molecule has 2 aromatic rings. The van der Waals surface area contributed by atoms with Gasteiger partial charge in [-0.15, -0.1) is 11.3 Å². The fourth-order valence-electron chi connectivity index (χ4n) is 2.77. The molecule has 0 N–H and O–H groups in total. The summed E-state index contributed by atoms with van der Waals surface area (Å²) in [4.78, 5) is 18.5. The lowest BCUT2D eigenvalue weighted by atomic mass is 9.92. The lowest BCUT2D eigenvalue weighted by Gasteiger charge is -2.19. The van der Waals surface area contributed by atoms with Crippen molar-refractivity contribution in [3.8, 4) is 0 Å². The fourth-order valence-corrected chi connectivity index (χ4v) is 3.32. The number of rotatable bonds is 3. The van der Waals surface area contributed by atoms with Crippen LogP contribution in [0.1, 0.15) is 36.4 Å². The zero-order valence-corrected chi connectivity index (χ0v) is 12.2. The van der Waals surface area contributed by atoms with Crippen LogP contribution in [0.25, 0.3) is 0 Å². The van der Waals surface area contributed by atoms with Crippen molar-refractivity contribution in [2.24, 2.45) is 0 Å². The van der Waals surface area contributed by atoms with Gasteiger partial charge in [-0.2, -0.15) is 0 Å². The molecule has 20 heavy (non-hydrogen) atoms. The van der Waals surface area contributed by atoms with Gasteiger partial charge in [-0.05, 0) is 24.3 Å². The predicted octanol–water partition coefficient (Wildman–Crippen LogP) is 3.44. The summed E-state index contributed by atoms with van der Waals surface area (Å²) < 4.78 is 0. The lowest BCUT2D eigenvalue weighted by Crippen LogP contribution is -2.29. The van der Waals surface area contributed by atoms with Crippen molar-refractivity contribution in [2.45, 2.75) is 31.7 Å². The summed E-state index contributed by atoms with van der Waals surface area (Å²) in [5.74, 6) is 0.761. The van der Waals surface area contributed by atoms with Crippen LogP contribution in [0.5, 0.6) is 0 Å². The molecule has 4 heteroatoms. The van der Waals surface area contributed by atoms with Gasteiger partial charge >= 0.3 is 0 Å². The van der Waals surface area contributed by atoms with Crippen LogP contribution in [0, 0.1) is 0 Å². The van der Waals surface area contributed by atoms with E-state index in [2.05, 4.69) is 29.2 Å². The molecule has 1 unspecified atom stereocenters. The first-order chi connectivity index (χ1) is 9.83. The topological polar surface area (TPSA) is 33.2 Å². The van der Waals surface area contributed by atoms with Crippen LogP contribution in [-0.4, -0.2) is 22.3 Å². The minimum absolute atomic E-state index is 0.261. The highest BCUT2D eigenvalue weighted by Gasteiger charge is 2.23. The smallest absolute Gasteiger partial charge is 0.222 e. The number of thiazole rings is 1. The average Bonchev–Trinajstić information content (AvgIpc) is 2.92. The number of nitrogens with zero attached hydrogens (tertiary/aromatic N) is 2. The van der Waals surface area contributed by atoms with Crippen molar-refractivity contribution in [3.05, 3.63) is 52.5 Å². The molecule has 0 bridgehead atoms. The number of likely N-dealkylation sites (tertiary alicyclic amines) is 1. The monoisotopic (exact) mass is 286 g/mol. The third-order valence-electron chi connectivity index (χ3n) is 3.91. The molecule has 1 amide bonds. The molecule has 0 radical (unpaired) electrons. The van der Waals surface area contributed by atoms with E-state index in [-0.39, 0.29) is 5.91 Å². The first kappa shape index (κ1) is 13.3. The van der Waals surface area contributed by atoms with Gasteiger partial charge in [0, 0.05) is 18.3 Å². The van der Waals surface area contributed by atoms with E-state index in [1.807, 2.05) is 21.9 Å². The standard InChI is InChI=1S/C16H18N2OS/c19-16-7-6-14(13-4-2-1-3-5-13)8-9-18(16)10-15-11-20-12-17-15/h1-5,11-12,14H,6-10H2. The minimum Gasteiger partial charge on any atom is -0.337 e. The molecule has 3 rings (SSSR count). The highest BCUT2D eigenvalue weighted by Crippen LogP contribution is 2.28. The molecule has 1 aliphatic heterocycles. The van der Waals surface area contributed by atoms with E-state index in [9.17, 15) is 4.79 Å². The van der Waals surface area contributed by atoms with Gasteiger partial charge in [0.1, 0.15) is 0 Å².